The molecule has 2 aliphatic rings. The molecule has 3 N–H and O–H groups in total. The normalized spacial score (nSPS) is 21.1. The fourth-order valence-corrected chi connectivity index (χ4v) is 3.65. The number of hydroxylamine groups is 2. The Bertz CT molecular complexity index is 900. The molecule has 0 saturated heterocycles. The van der Waals surface area contributed by atoms with Crippen LogP contribution in [-0.4, -0.2) is 41.2 Å². The molecule has 2 atom stereocenters. The number of carbonyl (C=O) groups excluding carboxylic acids is 2. The molecule has 1 heterocycles. The average molecular weight is 383 g/mol. The van der Waals surface area contributed by atoms with Gasteiger partial charge in [-0.05, 0) is 53.8 Å². The van der Waals surface area contributed by atoms with E-state index < -0.39 is 11.8 Å². The van der Waals surface area contributed by atoms with E-state index in [1.165, 1.54) is 17.2 Å². The van der Waals surface area contributed by atoms with Crippen LogP contribution in [0.5, 0.6) is 0 Å². The lowest BCUT2D eigenvalue weighted by Gasteiger charge is -2.23. The Morgan fingerprint density at radius 1 is 1.14 bits per heavy atom. The minimum absolute atomic E-state index is 0.0451. The molecule has 1 saturated carbocycles. The quantitative estimate of drug-likeness (QED) is 0.736. The second-order valence-corrected chi connectivity index (χ2v) is 7.38. The van der Waals surface area contributed by atoms with Crippen molar-refractivity contribution in [1.82, 2.24) is 15.7 Å². The van der Waals surface area contributed by atoms with Gasteiger partial charge in [0.2, 0.25) is 5.91 Å². The van der Waals surface area contributed by atoms with Gasteiger partial charge in [0.05, 0.1) is 6.54 Å². The molecule has 1 aliphatic carbocycles. The zero-order valence-electron chi connectivity index (χ0n) is 15.3. The van der Waals surface area contributed by atoms with E-state index in [4.69, 9.17) is 0 Å². The van der Waals surface area contributed by atoms with Gasteiger partial charge in [-0.15, -0.1) is 0 Å². The lowest BCUT2D eigenvalue weighted by Crippen LogP contribution is -2.38. The topological polar surface area (TPSA) is 81.7 Å². The number of imide groups is 1. The summed E-state index contributed by atoms with van der Waals surface area (Å²) in [6, 6.07) is 11.8. The van der Waals surface area contributed by atoms with Gasteiger partial charge in [0.25, 0.3) is 5.91 Å². The molecule has 1 aliphatic heterocycles. The summed E-state index contributed by atoms with van der Waals surface area (Å²) < 4.78 is 13.0. The Labute approximate surface area is 162 Å². The highest BCUT2D eigenvalue weighted by Crippen LogP contribution is 2.40. The van der Waals surface area contributed by atoms with Crippen LogP contribution in [0.15, 0.2) is 42.5 Å². The maximum atomic E-state index is 13.0. The maximum absolute atomic E-state index is 13.0. The van der Waals surface area contributed by atoms with Crippen molar-refractivity contribution < 1.29 is 19.2 Å². The lowest BCUT2D eigenvalue weighted by molar-refractivity contribution is -0.119. The fourth-order valence-electron chi connectivity index (χ4n) is 3.65. The van der Waals surface area contributed by atoms with Crippen LogP contribution < -0.4 is 10.6 Å². The van der Waals surface area contributed by atoms with E-state index in [1.54, 1.807) is 24.3 Å². The number of hydrogen-bond donors (Lipinski definition) is 3. The zero-order chi connectivity index (χ0) is 19.7. The van der Waals surface area contributed by atoms with Crippen LogP contribution in [0, 0.1) is 5.82 Å². The molecular weight excluding hydrogens is 361 g/mol. The smallest absolute Gasteiger partial charge is 0.257 e. The number of nitrogens with zero attached hydrogens (tertiary/aromatic N) is 1. The van der Waals surface area contributed by atoms with Crippen molar-refractivity contribution >= 4 is 11.8 Å². The first-order valence-electron chi connectivity index (χ1n) is 9.38. The fraction of sp³-hybridized carbons (Fsp3) is 0.333. The highest BCUT2D eigenvalue weighted by Gasteiger charge is 2.38. The van der Waals surface area contributed by atoms with Crippen molar-refractivity contribution in [1.29, 1.82) is 0 Å². The third kappa shape index (κ3) is 4.27. The van der Waals surface area contributed by atoms with Crippen molar-refractivity contribution in [2.75, 3.05) is 13.1 Å². The minimum Gasteiger partial charge on any atom is -0.314 e. The van der Waals surface area contributed by atoms with Crippen LogP contribution in [0.3, 0.4) is 0 Å². The van der Waals surface area contributed by atoms with Crippen molar-refractivity contribution in [2.45, 2.75) is 31.3 Å². The summed E-state index contributed by atoms with van der Waals surface area (Å²) in [4.78, 5) is 24.4. The number of nitrogens with one attached hydrogen (secondary N) is 2. The van der Waals surface area contributed by atoms with Gasteiger partial charge in [-0.1, -0.05) is 18.2 Å². The minimum atomic E-state index is -0.449. The highest BCUT2D eigenvalue weighted by molar-refractivity contribution is 6.05. The van der Waals surface area contributed by atoms with Crippen molar-refractivity contribution in [3.05, 3.63) is 70.5 Å². The SMILES string of the molecule is O=C(CNC1CC1c1ccc(F)cc1)NC(=O)c1ccc2c(c1)CN(O)CC2. The molecule has 0 radical (unpaired) electrons. The molecule has 146 valence electrons. The van der Waals surface area contributed by atoms with Crippen LogP contribution in [0.1, 0.15) is 39.4 Å². The standard InChI is InChI=1S/C21H22FN3O3/c22-17-5-3-14(4-6-17)18-10-19(18)23-11-20(26)24-21(27)15-2-1-13-7-8-25(28)12-16(13)9-15/h1-6,9,18-19,23,28H,7-8,10-12H2,(H,24,26,27). The van der Waals surface area contributed by atoms with E-state index >= 15 is 0 Å². The zero-order valence-corrected chi connectivity index (χ0v) is 15.3. The van der Waals surface area contributed by atoms with Crippen LogP contribution in [0.2, 0.25) is 0 Å². The molecule has 2 amide bonds. The van der Waals surface area contributed by atoms with Gasteiger partial charge in [0.1, 0.15) is 5.82 Å². The van der Waals surface area contributed by atoms with Gasteiger partial charge in [-0.3, -0.25) is 14.9 Å². The Morgan fingerprint density at radius 2 is 1.93 bits per heavy atom. The number of benzene rings is 2. The predicted octanol–water partition coefficient (Wildman–Crippen LogP) is 1.98. The number of halogens is 1. The number of amides is 2. The van der Waals surface area contributed by atoms with E-state index in [-0.39, 0.29) is 24.3 Å². The molecule has 28 heavy (non-hydrogen) atoms. The number of carbonyl (C=O) groups is 2. The van der Waals surface area contributed by atoms with Crippen LogP contribution in [0.4, 0.5) is 4.39 Å². The van der Waals surface area contributed by atoms with Gasteiger partial charge in [-0.25, -0.2) is 4.39 Å². The van der Waals surface area contributed by atoms with Crippen molar-refractivity contribution in [3.63, 3.8) is 0 Å². The Hall–Kier alpha value is -2.61. The molecule has 2 unspecified atom stereocenters. The summed E-state index contributed by atoms with van der Waals surface area (Å²) >= 11 is 0. The maximum Gasteiger partial charge on any atom is 0.257 e. The molecule has 6 nitrogen and oxygen atoms in total. The first-order chi connectivity index (χ1) is 13.5. The lowest BCUT2D eigenvalue weighted by atomic mass is 9.98. The molecular formula is C21H22FN3O3. The summed E-state index contributed by atoms with van der Waals surface area (Å²) in [6.07, 6.45) is 1.61. The van der Waals surface area contributed by atoms with Gasteiger partial charge in [-0.2, -0.15) is 5.06 Å². The van der Waals surface area contributed by atoms with Crippen LogP contribution in [-0.2, 0) is 17.8 Å². The van der Waals surface area contributed by atoms with Crippen molar-refractivity contribution in [2.24, 2.45) is 0 Å². The second-order valence-electron chi connectivity index (χ2n) is 7.38. The third-order valence-corrected chi connectivity index (χ3v) is 5.33. The van der Waals surface area contributed by atoms with Crippen LogP contribution in [0.25, 0.3) is 0 Å². The summed E-state index contributed by atoms with van der Waals surface area (Å²) in [5.41, 5.74) is 3.45. The van der Waals surface area contributed by atoms with E-state index in [2.05, 4.69) is 10.6 Å². The molecule has 0 bridgehead atoms. The van der Waals surface area contributed by atoms with E-state index in [1.807, 2.05) is 6.07 Å². The van der Waals surface area contributed by atoms with Gasteiger partial charge < -0.3 is 10.5 Å². The molecule has 2 aromatic carbocycles. The van der Waals surface area contributed by atoms with Crippen molar-refractivity contribution in [3.8, 4) is 0 Å². The molecule has 4 rings (SSSR count). The summed E-state index contributed by atoms with van der Waals surface area (Å²) in [7, 11) is 0. The highest BCUT2D eigenvalue weighted by atomic mass is 19.1. The summed E-state index contributed by atoms with van der Waals surface area (Å²) in [5, 5.41) is 16.4. The predicted molar refractivity (Wildman–Crippen MR) is 100 cm³/mol. The Balaban J connectivity index is 1.27. The Morgan fingerprint density at radius 3 is 2.71 bits per heavy atom. The summed E-state index contributed by atoms with van der Waals surface area (Å²) in [6.45, 7) is 0.991. The summed E-state index contributed by atoms with van der Waals surface area (Å²) in [5.74, 6) is -0.835. The average Bonchev–Trinajstić information content (AvgIpc) is 3.46. The molecule has 0 spiro atoms. The first kappa shape index (κ1) is 18.7. The third-order valence-electron chi connectivity index (χ3n) is 5.33. The first-order valence-corrected chi connectivity index (χ1v) is 9.38. The molecule has 1 fully saturated rings. The number of rotatable bonds is 5. The van der Waals surface area contributed by atoms with Crippen LogP contribution >= 0.6 is 0 Å². The number of hydrogen-bond acceptors (Lipinski definition) is 5. The van der Waals surface area contributed by atoms with Gasteiger partial charge >= 0.3 is 0 Å². The molecule has 2 aromatic rings. The van der Waals surface area contributed by atoms with E-state index in [0.29, 0.717) is 18.7 Å². The van der Waals surface area contributed by atoms with Gasteiger partial charge in [0, 0.05) is 30.6 Å². The van der Waals surface area contributed by atoms with E-state index in [9.17, 15) is 19.2 Å². The Kier molecular flexibility index (Phi) is 5.21. The second kappa shape index (κ2) is 7.79. The molecule has 7 heteroatoms. The van der Waals surface area contributed by atoms with Gasteiger partial charge in [0.15, 0.2) is 0 Å². The van der Waals surface area contributed by atoms with E-state index in [0.717, 1.165) is 29.5 Å². The monoisotopic (exact) mass is 383 g/mol. The number of fused-ring (bicyclic) bond motifs is 1. The molecule has 0 aromatic heterocycles. The largest absolute Gasteiger partial charge is 0.314 e.